The average Bonchev–Trinajstić information content (AvgIpc) is 2.97. The number of rotatable bonds is 13. The number of tetrazole rings is 1. The monoisotopic (exact) mass is 280 g/mol. The number of hydrogen-bond donors (Lipinski definition) is 1. The predicted molar refractivity (Wildman–Crippen MR) is 80.2 cm³/mol. The van der Waals surface area contributed by atoms with E-state index in [0.29, 0.717) is 12.4 Å². The lowest BCUT2D eigenvalue weighted by Crippen LogP contribution is -1.97. The fourth-order valence-corrected chi connectivity index (χ4v) is 1.96. The molecule has 0 saturated heterocycles. The first kappa shape index (κ1) is 16.8. The molecular weight excluding hydrogens is 252 g/mol. The Morgan fingerprint density at radius 1 is 1.00 bits per heavy atom. The second-order valence-electron chi connectivity index (χ2n) is 5.05. The topological polar surface area (TPSA) is 63.7 Å². The highest BCUT2D eigenvalue weighted by Crippen LogP contribution is 2.07. The fourth-order valence-electron chi connectivity index (χ4n) is 1.96. The van der Waals surface area contributed by atoms with Crippen molar-refractivity contribution in [1.82, 2.24) is 20.6 Å². The van der Waals surface area contributed by atoms with E-state index in [-0.39, 0.29) is 0 Å². The summed E-state index contributed by atoms with van der Waals surface area (Å²) in [4.78, 5) is 0. The number of aromatic amines is 1. The minimum absolute atomic E-state index is 0.457. The van der Waals surface area contributed by atoms with E-state index in [0.717, 1.165) is 13.0 Å². The Kier molecular flexibility index (Phi) is 10.8. The maximum Gasteiger partial charge on any atom is 0.200 e. The van der Waals surface area contributed by atoms with Gasteiger partial charge in [0.25, 0.3) is 0 Å². The molecule has 5 heteroatoms. The molecule has 114 valence electrons. The summed E-state index contributed by atoms with van der Waals surface area (Å²) in [5.74, 6) is 0.625. The Balaban J connectivity index is 1.75. The summed E-state index contributed by atoms with van der Waals surface area (Å²) >= 11 is 0. The van der Waals surface area contributed by atoms with Crippen molar-refractivity contribution in [3.05, 3.63) is 18.0 Å². The summed E-state index contributed by atoms with van der Waals surface area (Å²) in [5.41, 5.74) is 0. The van der Waals surface area contributed by atoms with Crippen molar-refractivity contribution in [2.75, 3.05) is 6.61 Å². The molecule has 20 heavy (non-hydrogen) atoms. The van der Waals surface area contributed by atoms with E-state index in [4.69, 9.17) is 4.74 Å². The first-order chi connectivity index (χ1) is 9.93. The molecule has 0 aliphatic heterocycles. The Bertz CT molecular complexity index is 325. The molecule has 0 aliphatic rings. The summed E-state index contributed by atoms with van der Waals surface area (Å²) in [7, 11) is 0. The van der Waals surface area contributed by atoms with E-state index in [9.17, 15) is 0 Å². The van der Waals surface area contributed by atoms with Crippen LogP contribution < -0.4 is 0 Å². The summed E-state index contributed by atoms with van der Waals surface area (Å²) in [6.45, 7) is 3.48. The highest BCUT2D eigenvalue weighted by molar-refractivity contribution is 4.81. The van der Waals surface area contributed by atoms with Gasteiger partial charge in [0.05, 0.1) is 0 Å². The van der Waals surface area contributed by atoms with Crippen LogP contribution in [0.1, 0.15) is 70.5 Å². The Labute approximate surface area is 122 Å². The predicted octanol–water partition coefficient (Wildman–Crippen LogP) is 3.80. The van der Waals surface area contributed by atoms with Crippen molar-refractivity contribution in [1.29, 1.82) is 0 Å². The summed E-state index contributed by atoms with van der Waals surface area (Å²) in [6, 6.07) is 0. The van der Waals surface area contributed by atoms with E-state index in [1.54, 1.807) is 0 Å². The molecule has 5 nitrogen and oxygen atoms in total. The lowest BCUT2D eigenvalue weighted by atomic mass is 10.1. The molecule has 0 aromatic carbocycles. The zero-order valence-corrected chi connectivity index (χ0v) is 12.7. The zero-order valence-electron chi connectivity index (χ0n) is 12.7. The molecule has 0 fully saturated rings. The van der Waals surface area contributed by atoms with Crippen molar-refractivity contribution in [3.8, 4) is 0 Å². The van der Waals surface area contributed by atoms with Crippen LogP contribution in [-0.2, 0) is 11.3 Å². The lowest BCUT2D eigenvalue weighted by molar-refractivity contribution is 0.111. The molecular formula is C15H28N4O. The van der Waals surface area contributed by atoms with Crippen molar-refractivity contribution in [2.45, 2.75) is 71.3 Å². The van der Waals surface area contributed by atoms with E-state index in [1.165, 1.54) is 51.4 Å². The molecule has 1 aromatic rings. The maximum absolute atomic E-state index is 5.46. The van der Waals surface area contributed by atoms with Gasteiger partial charge in [-0.2, -0.15) is 5.21 Å². The van der Waals surface area contributed by atoms with Gasteiger partial charge in [-0.3, -0.25) is 0 Å². The number of nitrogens with one attached hydrogen (secondary N) is 1. The van der Waals surface area contributed by atoms with Crippen LogP contribution in [0.3, 0.4) is 0 Å². The summed E-state index contributed by atoms with van der Waals surface area (Å²) in [5, 5.41) is 13.6. The largest absolute Gasteiger partial charge is 0.373 e. The van der Waals surface area contributed by atoms with Crippen LogP contribution in [0.2, 0.25) is 0 Å². The highest BCUT2D eigenvalue weighted by Gasteiger charge is 1.97. The zero-order chi connectivity index (χ0) is 14.3. The third-order valence-corrected chi connectivity index (χ3v) is 3.17. The first-order valence-corrected chi connectivity index (χ1v) is 7.88. The molecule has 0 aliphatic carbocycles. The molecule has 0 bridgehead atoms. The molecule has 1 heterocycles. The molecule has 0 unspecified atom stereocenters. The molecule has 1 rings (SSSR count). The van der Waals surface area contributed by atoms with Gasteiger partial charge in [-0.05, 0) is 25.7 Å². The number of hydrogen-bond acceptors (Lipinski definition) is 4. The fraction of sp³-hybridized carbons (Fsp3) is 0.800. The number of ether oxygens (including phenoxy) is 1. The summed E-state index contributed by atoms with van der Waals surface area (Å²) < 4.78 is 5.46. The van der Waals surface area contributed by atoms with E-state index in [2.05, 4.69) is 39.7 Å². The third kappa shape index (κ3) is 9.67. The maximum atomic E-state index is 5.46. The molecule has 0 saturated carbocycles. The van der Waals surface area contributed by atoms with Gasteiger partial charge >= 0.3 is 0 Å². The molecule has 0 spiro atoms. The van der Waals surface area contributed by atoms with E-state index < -0.39 is 0 Å². The van der Waals surface area contributed by atoms with Crippen LogP contribution in [-0.4, -0.2) is 27.2 Å². The Hall–Kier alpha value is -1.23. The Morgan fingerprint density at radius 3 is 2.50 bits per heavy atom. The molecule has 1 N–H and O–H groups in total. The van der Waals surface area contributed by atoms with Gasteiger partial charge in [0.1, 0.15) is 6.61 Å². The minimum Gasteiger partial charge on any atom is -0.373 e. The van der Waals surface area contributed by atoms with Crippen LogP contribution in [0, 0.1) is 0 Å². The van der Waals surface area contributed by atoms with E-state index in [1.807, 2.05) is 0 Å². The lowest BCUT2D eigenvalue weighted by Gasteiger charge is -2.01. The van der Waals surface area contributed by atoms with Crippen molar-refractivity contribution < 1.29 is 4.74 Å². The standard InChI is InChI=1S/C15H28N4O/c1-2-3-4-5-6-7-8-9-10-11-12-13-20-14-15-16-18-19-17-15/h5-6H,2-4,7-14H2,1H3,(H,16,17,18,19)/b6-5-. The SMILES string of the molecule is CCCC/C=C\CCCCCCCOCc1nn[nH]n1. The van der Waals surface area contributed by atoms with Crippen LogP contribution in [0.5, 0.6) is 0 Å². The molecule has 0 radical (unpaired) electrons. The van der Waals surface area contributed by atoms with Crippen molar-refractivity contribution in [3.63, 3.8) is 0 Å². The number of aromatic nitrogens is 4. The highest BCUT2D eigenvalue weighted by atomic mass is 16.5. The van der Waals surface area contributed by atoms with Gasteiger partial charge in [0.2, 0.25) is 0 Å². The van der Waals surface area contributed by atoms with Gasteiger partial charge in [0.15, 0.2) is 5.82 Å². The van der Waals surface area contributed by atoms with Crippen molar-refractivity contribution in [2.24, 2.45) is 0 Å². The second-order valence-corrected chi connectivity index (χ2v) is 5.05. The minimum atomic E-state index is 0.457. The van der Waals surface area contributed by atoms with Crippen LogP contribution in [0.25, 0.3) is 0 Å². The first-order valence-electron chi connectivity index (χ1n) is 7.88. The average molecular weight is 280 g/mol. The molecule has 0 amide bonds. The number of H-pyrrole nitrogens is 1. The molecule has 1 aromatic heterocycles. The summed E-state index contributed by atoms with van der Waals surface area (Å²) in [6.07, 6.45) is 16.0. The second kappa shape index (κ2) is 12.8. The van der Waals surface area contributed by atoms with Crippen molar-refractivity contribution >= 4 is 0 Å². The molecule has 0 atom stereocenters. The van der Waals surface area contributed by atoms with Gasteiger partial charge in [-0.1, -0.05) is 56.4 Å². The van der Waals surface area contributed by atoms with Gasteiger partial charge < -0.3 is 4.74 Å². The Morgan fingerprint density at radius 2 is 1.75 bits per heavy atom. The number of nitrogens with zero attached hydrogens (tertiary/aromatic N) is 3. The smallest absolute Gasteiger partial charge is 0.200 e. The van der Waals surface area contributed by atoms with Gasteiger partial charge in [-0.15, -0.1) is 10.2 Å². The quantitative estimate of drug-likeness (QED) is 0.441. The van der Waals surface area contributed by atoms with Gasteiger partial charge in [0, 0.05) is 6.61 Å². The normalized spacial score (nSPS) is 11.4. The van der Waals surface area contributed by atoms with E-state index >= 15 is 0 Å². The van der Waals surface area contributed by atoms with Gasteiger partial charge in [-0.25, -0.2) is 0 Å². The van der Waals surface area contributed by atoms with Crippen LogP contribution in [0.15, 0.2) is 12.2 Å². The van der Waals surface area contributed by atoms with Crippen LogP contribution >= 0.6 is 0 Å². The van der Waals surface area contributed by atoms with Crippen LogP contribution in [0.4, 0.5) is 0 Å². The number of unbranched alkanes of at least 4 members (excludes halogenated alkanes) is 7. The third-order valence-electron chi connectivity index (χ3n) is 3.17. The number of allylic oxidation sites excluding steroid dienone is 2.